The predicted molar refractivity (Wildman–Crippen MR) is 84.8 cm³/mol. The third-order valence-electron chi connectivity index (χ3n) is 3.01. The Kier molecular flexibility index (Phi) is 5.21. The van der Waals surface area contributed by atoms with Crippen LogP contribution >= 0.6 is 11.8 Å². The lowest BCUT2D eigenvalue weighted by Gasteiger charge is -2.13. The first kappa shape index (κ1) is 14.6. The van der Waals surface area contributed by atoms with Crippen molar-refractivity contribution in [3.05, 3.63) is 60.2 Å². The number of nitrogens with one attached hydrogen (secondary N) is 1. The summed E-state index contributed by atoms with van der Waals surface area (Å²) in [6, 6.07) is 17.1. The van der Waals surface area contributed by atoms with E-state index in [2.05, 4.69) is 5.32 Å². The van der Waals surface area contributed by atoms with Crippen LogP contribution in [0.4, 0.5) is 5.69 Å². The van der Waals surface area contributed by atoms with Crippen LogP contribution in [0.1, 0.15) is 18.0 Å². The number of nitrogens with two attached hydrogens (primary N) is 1. The summed E-state index contributed by atoms with van der Waals surface area (Å²) < 4.78 is 0. The number of rotatable bonds is 5. The van der Waals surface area contributed by atoms with Crippen LogP contribution in [0.3, 0.4) is 0 Å². The first-order valence-corrected chi connectivity index (χ1v) is 7.66. The van der Waals surface area contributed by atoms with E-state index in [1.165, 1.54) is 0 Å². The summed E-state index contributed by atoms with van der Waals surface area (Å²) in [5, 5.41) is 2.92. The summed E-state index contributed by atoms with van der Waals surface area (Å²) in [5.41, 5.74) is 7.87. The van der Waals surface area contributed by atoms with Gasteiger partial charge in [-0.05, 0) is 24.0 Å². The van der Waals surface area contributed by atoms with E-state index < -0.39 is 0 Å². The first-order valence-electron chi connectivity index (χ1n) is 6.44. The molecule has 0 aliphatic heterocycles. The van der Waals surface area contributed by atoms with Crippen molar-refractivity contribution >= 4 is 23.4 Å². The van der Waals surface area contributed by atoms with E-state index in [-0.39, 0.29) is 18.4 Å². The molecule has 0 fully saturated rings. The van der Waals surface area contributed by atoms with Crippen molar-refractivity contribution in [3.63, 3.8) is 0 Å². The SMILES string of the molecule is CSc1ccccc1NC(=O)CC(N)c1ccccc1. The molecule has 0 aliphatic carbocycles. The number of amides is 1. The fraction of sp³-hybridized carbons (Fsp3) is 0.188. The van der Waals surface area contributed by atoms with Crippen LogP contribution in [-0.4, -0.2) is 12.2 Å². The maximum atomic E-state index is 12.1. The minimum Gasteiger partial charge on any atom is -0.325 e. The van der Waals surface area contributed by atoms with Gasteiger partial charge >= 0.3 is 0 Å². The van der Waals surface area contributed by atoms with E-state index in [0.29, 0.717) is 0 Å². The van der Waals surface area contributed by atoms with Crippen LogP contribution in [-0.2, 0) is 4.79 Å². The number of para-hydroxylation sites is 1. The van der Waals surface area contributed by atoms with E-state index in [0.717, 1.165) is 16.1 Å². The van der Waals surface area contributed by atoms with Gasteiger partial charge in [0.05, 0.1) is 5.69 Å². The van der Waals surface area contributed by atoms with Crippen LogP contribution in [0.5, 0.6) is 0 Å². The summed E-state index contributed by atoms with van der Waals surface area (Å²) in [7, 11) is 0. The van der Waals surface area contributed by atoms with Crippen molar-refractivity contribution in [2.45, 2.75) is 17.4 Å². The second kappa shape index (κ2) is 7.12. The summed E-state index contributed by atoms with van der Waals surface area (Å²) in [6.07, 6.45) is 2.26. The molecular formula is C16H18N2OS. The molecule has 0 aliphatic rings. The number of hydrogen-bond donors (Lipinski definition) is 2. The highest BCUT2D eigenvalue weighted by atomic mass is 32.2. The zero-order valence-electron chi connectivity index (χ0n) is 11.4. The highest BCUT2D eigenvalue weighted by Gasteiger charge is 2.12. The van der Waals surface area contributed by atoms with Crippen molar-refractivity contribution in [2.75, 3.05) is 11.6 Å². The number of benzene rings is 2. The van der Waals surface area contributed by atoms with Crippen molar-refractivity contribution in [2.24, 2.45) is 5.73 Å². The molecule has 1 unspecified atom stereocenters. The molecule has 104 valence electrons. The molecule has 0 spiro atoms. The molecule has 0 heterocycles. The Bertz CT molecular complexity index is 572. The fourth-order valence-corrected chi connectivity index (χ4v) is 2.52. The van der Waals surface area contributed by atoms with Crippen molar-refractivity contribution in [3.8, 4) is 0 Å². The zero-order chi connectivity index (χ0) is 14.4. The zero-order valence-corrected chi connectivity index (χ0v) is 12.2. The Labute approximate surface area is 123 Å². The van der Waals surface area contributed by atoms with E-state index in [1.807, 2.05) is 60.9 Å². The van der Waals surface area contributed by atoms with Gasteiger partial charge in [-0.25, -0.2) is 0 Å². The average Bonchev–Trinajstić information content (AvgIpc) is 2.48. The second-order valence-electron chi connectivity index (χ2n) is 4.47. The molecule has 0 bridgehead atoms. The van der Waals surface area contributed by atoms with Crippen molar-refractivity contribution < 1.29 is 4.79 Å². The van der Waals surface area contributed by atoms with E-state index in [4.69, 9.17) is 5.73 Å². The molecular weight excluding hydrogens is 268 g/mol. The van der Waals surface area contributed by atoms with E-state index in [1.54, 1.807) is 11.8 Å². The molecule has 1 amide bonds. The number of carbonyl (C=O) groups is 1. The van der Waals surface area contributed by atoms with Gasteiger partial charge in [0.15, 0.2) is 0 Å². The Morgan fingerprint density at radius 3 is 2.50 bits per heavy atom. The smallest absolute Gasteiger partial charge is 0.226 e. The molecule has 0 saturated carbocycles. The van der Waals surface area contributed by atoms with Crippen LogP contribution in [0.2, 0.25) is 0 Å². The Morgan fingerprint density at radius 1 is 1.15 bits per heavy atom. The Morgan fingerprint density at radius 2 is 1.80 bits per heavy atom. The van der Waals surface area contributed by atoms with Gasteiger partial charge in [-0.1, -0.05) is 42.5 Å². The van der Waals surface area contributed by atoms with Gasteiger partial charge in [0, 0.05) is 17.4 Å². The lowest BCUT2D eigenvalue weighted by molar-refractivity contribution is -0.116. The maximum absolute atomic E-state index is 12.1. The van der Waals surface area contributed by atoms with Gasteiger partial charge in [-0.2, -0.15) is 0 Å². The van der Waals surface area contributed by atoms with Crippen molar-refractivity contribution in [1.29, 1.82) is 0 Å². The van der Waals surface area contributed by atoms with Gasteiger partial charge in [0.1, 0.15) is 0 Å². The number of hydrogen-bond acceptors (Lipinski definition) is 3. The summed E-state index contributed by atoms with van der Waals surface area (Å²) >= 11 is 1.61. The third kappa shape index (κ3) is 3.85. The third-order valence-corrected chi connectivity index (χ3v) is 3.81. The van der Waals surface area contributed by atoms with Crippen LogP contribution in [0, 0.1) is 0 Å². The quantitative estimate of drug-likeness (QED) is 0.828. The molecule has 3 nitrogen and oxygen atoms in total. The molecule has 2 aromatic carbocycles. The molecule has 4 heteroatoms. The number of thioether (sulfide) groups is 1. The van der Waals surface area contributed by atoms with Gasteiger partial charge in [0.25, 0.3) is 0 Å². The van der Waals surface area contributed by atoms with E-state index >= 15 is 0 Å². The normalized spacial score (nSPS) is 11.9. The Hall–Kier alpha value is -1.78. The molecule has 0 aromatic heterocycles. The highest BCUT2D eigenvalue weighted by Crippen LogP contribution is 2.25. The van der Waals surface area contributed by atoms with Gasteiger partial charge in [-0.15, -0.1) is 11.8 Å². The van der Waals surface area contributed by atoms with E-state index in [9.17, 15) is 4.79 Å². The summed E-state index contributed by atoms with van der Waals surface area (Å²) in [4.78, 5) is 13.1. The molecule has 3 N–H and O–H groups in total. The largest absolute Gasteiger partial charge is 0.325 e. The molecule has 2 rings (SSSR count). The topological polar surface area (TPSA) is 55.1 Å². The van der Waals surface area contributed by atoms with Crippen LogP contribution < -0.4 is 11.1 Å². The lowest BCUT2D eigenvalue weighted by atomic mass is 10.0. The fourth-order valence-electron chi connectivity index (χ4n) is 1.97. The minimum absolute atomic E-state index is 0.0668. The minimum atomic E-state index is -0.280. The van der Waals surface area contributed by atoms with Crippen LogP contribution in [0.25, 0.3) is 0 Å². The Balaban J connectivity index is 1.99. The predicted octanol–water partition coefficient (Wildman–Crippen LogP) is 3.44. The molecule has 1 atom stereocenters. The molecule has 20 heavy (non-hydrogen) atoms. The standard InChI is InChI=1S/C16H18N2OS/c1-20-15-10-6-5-9-14(15)18-16(19)11-13(17)12-7-3-2-4-8-12/h2-10,13H,11,17H2,1H3,(H,18,19). The van der Waals surface area contributed by atoms with Gasteiger partial charge < -0.3 is 11.1 Å². The second-order valence-corrected chi connectivity index (χ2v) is 5.32. The number of carbonyl (C=O) groups excluding carboxylic acids is 1. The highest BCUT2D eigenvalue weighted by molar-refractivity contribution is 7.98. The van der Waals surface area contributed by atoms with Crippen LogP contribution in [0.15, 0.2) is 59.5 Å². The summed E-state index contributed by atoms with van der Waals surface area (Å²) in [6.45, 7) is 0. The summed E-state index contributed by atoms with van der Waals surface area (Å²) in [5.74, 6) is -0.0668. The molecule has 2 aromatic rings. The van der Waals surface area contributed by atoms with Crippen molar-refractivity contribution in [1.82, 2.24) is 0 Å². The molecule has 0 radical (unpaired) electrons. The number of anilines is 1. The average molecular weight is 286 g/mol. The first-order chi connectivity index (χ1) is 9.70. The van der Waals surface area contributed by atoms with Gasteiger partial charge in [0.2, 0.25) is 5.91 Å². The maximum Gasteiger partial charge on any atom is 0.226 e. The molecule has 0 saturated heterocycles. The van der Waals surface area contributed by atoms with Gasteiger partial charge in [-0.3, -0.25) is 4.79 Å². The lowest BCUT2D eigenvalue weighted by Crippen LogP contribution is -2.20. The monoisotopic (exact) mass is 286 g/mol.